The Morgan fingerprint density at radius 3 is 2.29 bits per heavy atom. The second kappa shape index (κ2) is 5.57. The van der Waals surface area contributed by atoms with E-state index < -0.39 is 12.1 Å². The molecular formula is C12H23F3N2. The molecule has 1 aliphatic heterocycles. The molecule has 1 fully saturated rings. The predicted molar refractivity (Wildman–Crippen MR) is 63.0 cm³/mol. The van der Waals surface area contributed by atoms with Crippen molar-refractivity contribution in [2.24, 2.45) is 5.92 Å². The highest BCUT2D eigenvalue weighted by molar-refractivity contribution is 4.89. The maximum atomic E-state index is 12.8. The summed E-state index contributed by atoms with van der Waals surface area (Å²) < 4.78 is 38.5. The van der Waals surface area contributed by atoms with Crippen LogP contribution in [0.5, 0.6) is 0 Å². The summed E-state index contributed by atoms with van der Waals surface area (Å²) in [5.74, 6) is -1.25. The van der Waals surface area contributed by atoms with Gasteiger partial charge in [0.05, 0.1) is 5.92 Å². The Morgan fingerprint density at radius 2 is 1.82 bits per heavy atom. The zero-order valence-corrected chi connectivity index (χ0v) is 10.9. The zero-order valence-electron chi connectivity index (χ0n) is 10.9. The van der Waals surface area contributed by atoms with Gasteiger partial charge in [-0.05, 0) is 19.8 Å². The van der Waals surface area contributed by atoms with Crippen molar-refractivity contribution in [3.8, 4) is 0 Å². The molecule has 1 saturated heterocycles. The van der Waals surface area contributed by atoms with Gasteiger partial charge in [-0.25, -0.2) is 0 Å². The molecule has 0 aromatic rings. The van der Waals surface area contributed by atoms with Crippen molar-refractivity contribution in [3.05, 3.63) is 0 Å². The summed E-state index contributed by atoms with van der Waals surface area (Å²) in [6.07, 6.45) is -2.33. The van der Waals surface area contributed by atoms with Gasteiger partial charge in [-0.2, -0.15) is 13.2 Å². The SMILES string of the molecule is CCC(C)(CC)N1CCNCC(C(F)(F)F)C1. The fraction of sp³-hybridized carbons (Fsp3) is 1.00. The standard InChI is InChI=1S/C12H23F3N2/c1-4-11(3,5-2)17-7-6-16-8-10(9-17)12(13,14)15/h10,16H,4-9H2,1-3H3. The van der Waals surface area contributed by atoms with Crippen molar-refractivity contribution in [2.75, 3.05) is 26.2 Å². The first kappa shape index (κ1) is 14.8. The Hall–Kier alpha value is -0.290. The third-order valence-corrected chi connectivity index (χ3v) is 4.14. The van der Waals surface area contributed by atoms with Crippen molar-refractivity contribution < 1.29 is 13.2 Å². The van der Waals surface area contributed by atoms with Crippen molar-refractivity contribution >= 4 is 0 Å². The Balaban J connectivity index is 2.79. The Bertz CT molecular complexity index is 236. The van der Waals surface area contributed by atoms with Crippen LogP contribution >= 0.6 is 0 Å². The number of alkyl halides is 3. The smallest absolute Gasteiger partial charge is 0.315 e. The van der Waals surface area contributed by atoms with E-state index in [1.54, 1.807) is 0 Å². The second-order valence-corrected chi connectivity index (χ2v) is 5.09. The van der Waals surface area contributed by atoms with Crippen LogP contribution in [0.15, 0.2) is 0 Å². The van der Waals surface area contributed by atoms with E-state index in [1.807, 2.05) is 18.7 Å². The average Bonchev–Trinajstić information content (AvgIpc) is 2.53. The lowest BCUT2D eigenvalue weighted by Gasteiger charge is -2.41. The maximum absolute atomic E-state index is 12.8. The first-order chi connectivity index (χ1) is 7.83. The van der Waals surface area contributed by atoms with Gasteiger partial charge in [0.2, 0.25) is 0 Å². The molecule has 0 bridgehead atoms. The van der Waals surface area contributed by atoms with Crippen molar-refractivity contribution in [2.45, 2.75) is 45.3 Å². The van der Waals surface area contributed by atoms with Gasteiger partial charge in [-0.15, -0.1) is 0 Å². The van der Waals surface area contributed by atoms with Crippen LogP contribution in [0, 0.1) is 5.92 Å². The Kier molecular flexibility index (Phi) is 4.84. The minimum Gasteiger partial charge on any atom is -0.315 e. The van der Waals surface area contributed by atoms with Crippen molar-refractivity contribution in [1.29, 1.82) is 0 Å². The quantitative estimate of drug-likeness (QED) is 0.830. The summed E-state index contributed by atoms with van der Waals surface area (Å²) >= 11 is 0. The molecule has 0 saturated carbocycles. The molecule has 1 aliphatic rings. The summed E-state index contributed by atoms with van der Waals surface area (Å²) in [4.78, 5) is 2.01. The van der Waals surface area contributed by atoms with Gasteiger partial charge in [0.1, 0.15) is 0 Å². The summed E-state index contributed by atoms with van der Waals surface area (Å²) in [6, 6.07) is 0. The lowest BCUT2D eigenvalue weighted by molar-refractivity contribution is -0.178. The highest BCUT2D eigenvalue weighted by Crippen LogP contribution is 2.31. The van der Waals surface area contributed by atoms with Crippen LogP contribution in [0.2, 0.25) is 0 Å². The van der Waals surface area contributed by atoms with Gasteiger partial charge >= 0.3 is 6.18 Å². The van der Waals surface area contributed by atoms with E-state index in [0.29, 0.717) is 13.1 Å². The van der Waals surface area contributed by atoms with Crippen LogP contribution in [0.25, 0.3) is 0 Å². The molecule has 1 rings (SSSR count). The van der Waals surface area contributed by atoms with Gasteiger partial charge in [0.25, 0.3) is 0 Å². The van der Waals surface area contributed by atoms with E-state index in [1.165, 1.54) is 0 Å². The molecule has 2 nitrogen and oxygen atoms in total. The minimum atomic E-state index is -4.10. The Labute approximate surface area is 102 Å². The monoisotopic (exact) mass is 252 g/mol. The molecule has 0 amide bonds. The molecule has 0 aromatic carbocycles. The third kappa shape index (κ3) is 3.58. The predicted octanol–water partition coefficient (Wildman–Crippen LogP) is 2.65. The molecule has 17 heavy (non-hydrogen) atoms. The number of hydrogen-bond acceptors (Lipinski definition) is 2. The molecule has 0 aliphatic carbocycles. The molecule has 102 valence electrons. The molecule has 1 atom stereocenters. The first-order valence-corrected chi connectivity index (χ1v) is 6.36. The lowest BCUT2D eigenvalue weighted by Crippen LogP contribution is -2.49. The van der Waals surface area contributed by atoms with Gasteiger partial charge in [-0.1, -0.05) is 13.8 Å². The molecule has 1 heterocycles. The molecule has 0 spiro atoms. The highest BCUT2D eigenvalue weighted by Gasteiger charge is 2.43. The number of nitrogens with one attached hydrogen (secondary N) is 1. The molecule has 1 unspecified atom stereocenters. The van der Waals surface area contributed by atoms with E-state index in [0.717, 1.165) is 12.8 Å². The largest absolute Gasteiger partial charge is 0.394 e. The molecule has 0 aromatic heterocycles. The number of hydrogen-bond donors (Lipinski definition) is 1. The zero-order chi connectivity index (χ0) is 13.1. The van der Waals surface area contributed by atoms with Crippen LogP contribution in [-0.4, -0.2) is 42.8 Å². The second-order valence-electron chi connectivity index (χ2n) is 5.09. The Morgan fingerprint density at radius 1 is 1.24 bits per heavy atom. The van der Waals surface area contributed by atoms with Crippen LogP contribution in [0.4, 0.5) is 13.2 Å². The fourth-order valence-electron chi connectivity index (χ4n) is 2.32. The van der Waals surface area contributed by atoms with E-state index >= 15 is 0 Å². The number of rotatable bonds is 3. The summed E-state index contributed by atoms with van der Waals surface area (Å²) in [7, 11) is 0. The van der Waals surface area contributed by atoms with Crippen LogP contribution in [0.3, 0.4) is 0 Å². The van der Waals surface area contributed by atoms with Crippen LogP contribution in [-0.2, 0) is 0 Å². The number of halogens is 3. The van der Waals surface area contributed by atoms with Crippen molar-refractivity contribution in [1.82, 2.24) is 10.2 Å². The number of nitrogens with zero attached hydrogens (tertiary/aromatic N) is 1. The normalized spacial score (nSPS) is 24.7. The topological polar surface area (TPSA) is 15.3 Å². The van der Waals surface area contributed by atoms with Gasteiger partial charge in [-0.3, -0.25) is 4.90 Å². The van der Waals surface area contributed by atoms with Gasteiger partial charge in [0, 0.05) is 31.7 Å². The highest BCUT2D eigenvalue weighted by atomic mass is 19.4. The molecular weight excluding hydrogens is 229 g/mol. The summed E-state index contributed by atoms with van der Waals surface area (Å²) in [5, 5.41) is 2.89. The van der Waals surface area contributed by atoms with Crippen LogP contribution in [0.1, 0.15) is 33.6 Å². The van der Waals surface area contributed by atoms with E-state index in [-0.39, 0.29) is 18.6 Å². The first-order valence-electron chi connectivity index (χ1n) is 6.36. The molecule has 0 radical (unpaired) electrons. The van der Waals surface area contributed by atoms with Crippen LogP contribution < -0.4 is 5.32 Å². The third-order valence-electron chi connectivity index (χ3n) is 4.14. The van der Waals surface area contributed by atoms with Gasteiger partial charge in [0.15, 0.2) is 0 Å². The lowest BCUT2D eigenvalue weighted by atomic mass is 9.92. The summed E-state index contributed by atoms with van der Waals surface area (Å²) in [5.41, 5.74) is -0.116. The average molecular weight is 252 g/mol. The van der Waals surface area contributed by atoms with E-state index in [2.05, 4.69) is 12.2 Å². The minimum absolute atomic E-state index is 0.0451. The van der Waals surface area contributed by atoms with Gasteiger partial charge < -0.3 is 5.32 Å². The molecule has 1 N–H and O–H groups in total. The maximum Gasteiger partial charge on any atom is 0.394 e. The van der Waals surface area contributed by atoms with E-state index in [9.17, 15) is 13.2 Å². The van der Waals surface area contributed by atoms with E-state index in [4.69, 9.17) is 0 Å². The molecule has 5 heteroatoms. The van der Waals surface area contributed by atoms with Crippen molar-refractivity contribution in [3.63, 3.8) is 0 Å². The summed E-state index contributed by atoms with van der Waals surface area (Å²) in [6.45, 7) is 7.66. The fourth-order valence-corrected chi connectivity index (χ4v) is 2.32.